The number of amides is 1. The van der Waals surface area contributed by atoms with Crippen LogP contribution in [0.4, 0.5) is 5.69 Å². The Bertz CT molecular complexity index is 462. The Hall–Kier alpha value is -1.55. The number of hydrogen-bond donors (Lipinski definition) is 2. The summed E-state index contributed by atoms with van der Waals surface area (Å²) in [5.74, 6) is 1.44. The third-order valence-corrected chi connectivity index (χ3v) is 3.83. The first-order chi connectivity index (χ1) is 9.45. The summed E-state index contributed by atoms with van der Waals surface area (Å²) in [5, 5.41) is 2.96. The van der Waals surface area contributed by atoms with Crippen LogP contribution < -0.4 is 15.8 Å². The Labute approximate surface area is 120 Å². The zero-order valence-corrected chi connectivity index (χ0v) is 12.5. The fourth-order valence-corrected chi connectivity index (χ4v) is 2.87. The Morgan fingerprint density at radius 2 is 2.00 bits per heavy atom. The molecule has 1 saturated carbocycles. The zero-order chi connectivity index (χ0) is 14.8. The van der Waals surface area contributed by atoms with Crippen molar-refractivity contribution in [3.63, 3.8) is 0 Å². The second kappa shape index (κ2) is 5.83. The first kappa shape index (κ1) is 14.9. The number of anilines is 1. The predicted molar refractivity (Wildman–Crippen MR) is 80.7 cm³/mol. The minimum atomic E-state index is -0.369. The molecule has 1 aliphatic carbocycles. The van der Waals surface area contributed by atoms with Gasteiger partial charge in [-0.15, -0.1) is 0 Å². The molecule has 0 unspecified atom stereocenters. The second-order valence-corrected chi connectivity index (χ2v) is 6.14. The Morgan fingerprint density at radius 1 is 1.40 bits per heavy atom. The van der Waals surface area contributed by atoms with Crippen molar-refractivity contribution in [2.75, 3.05) is 11.9 Å². The second-order valence-electron chi connectivity index (χ2n) is 6.14. The van der Waals surface area contributed by atoms with Crippen LogP contribution in [0.15, 0.2) is 24.3 Å². The van der Waals surface area contributed by atoms with Gasteiger partial charge < -0.3 is 15.8 Å². The lowest BCUT2D eigenvalue weighted by molar-refractivity contribution is -0.132. The fourth-order valence-electron chi connectivity index (χ4n) is 2.87. The van der Waals surface area contributed by atoms with Crippen molar-refractivity contribution in [2.45, 2.75) is 39.7 Å². The maximum absolute atomic E-state index is 12.3. The highest BCUT2D eigenvalue weighted by Crippen LogP contribution is 2.45. The van der Waals surface area contributed by atoms with Gasteiger partial charge in [-0.25, -0.2) is 0 Å². The van der Waals surface area contributed by atoms with Gasteiger partial charge in [0.2, 0.25) is 5.91 Å². The number of ether oxygens (including phenoxy) is 1. The van der Waals surface area contributed by atoms with E-state index in [1.807, 2.05) is 38.1 Å². The Kier molecular flexibility index (Phi) is 4.33. The molecule has 1 fully saturated rings. The maximum atomic E-state index is 12.3. The van der Waals surface area contributed by atoms with Crippen LogP contribution in [0.25, 0.3) is 0 Å². The number of hydrogen-bond acceptors (Lipinski definition) is 3. The SMILES string of the molecule is CC1CC(CN)(C(=O)Nc2ccc(OC(C)C)cc2)C1. The van der Waals surface area contributed by atoms with E-state index >= 15 is 0 Å². The van der Waals surface area contributed by atoms with E-state index in [9.17, 15) is 4.79 Å². The van der Waals surface area contributed by atoms with Gasteiger partial charge in [-0.3, -0.25) is 4.79 Å². The average Bonchev–Trinajstić information content (AvgIpc) is 2.36. The molecule has 1 aliphatic rings. The van der Waals surface area contributed by atoms with Crippen LogP contribution in [0, 0.1) is 11.3 Å². The normalized spacial score (nSPS) is 25.1. The summed E-state index contributed by atoms with van der Waals surface area (Å²) in [4.78, 5) is 12.3. The quantitative estimate of drug-likeness (QED) is 0.869. The molecule has 3 N–H and O–H groups in total. The van der Waals surface area contributed by atoms with Crippen molar-refractivity contribution in [3.05, 3.63) is 24.3 Å². The molecule has 4 nitrogen and oxygen atoms in total. The number of nitrogens with one attached hydrogen (secondary N) is 1. The summed E-state index contributed by atoms with van der Waals surface area (Å²) in [6, 6.07) is 7.46. The summed E-state index contributed by atoms with van der Waals surface area (Å²) < 4.78 is 5.58. The van der Waals surface area contributed by atoms with E-state index in [0.717, 1.165) is 24.3 Å². The lowest BCUT2D eigenvalue weighted by Gasteiger charge is -2.44. The minimum absolute atomic E-state index is 0.0376. The molecule has 1 aromatic rings. The van der Waals surface area contributed by atoms with E-state index in [-0.39, 0.29) is 17.4 Å². The van der Waals surface area contributed by atoms with E-state index in [0.29, 0.717) is 12.5 Å². The summed E-state index contributed by atoms with van der Waals surface area (Å²) in [7, 11) is 0. The van der Waals surface area contributed by atoms with Gasteiger partial charge in [0.1, 0.15) is 5.75 Å². The van der Waals surface area contributed by atoms with Gasteiger partial charge in [-0.1, -0.05) is 6.92 Å². The highest BCUT2D eigenvalue weighted by Gasteiger charge is 2.47. The van der Waals surface area contributed by atoms with Gasteiger partial charge in [0.05, 0.1) is 11.5 Å². The molecular weight excluding hydrogens is 252 g/mol. The molecule has 20 heavy (non-hydrogen) atoms. The first-order valence-corrected chi connectivity index (χ1v) is 7.23. The number of carbonyl (C=O) groups is 1. The monoisotopic (exact) mass is 276 g/mol. The Balaban J connectivity index is 1.98. The average molecular weight is 276 g/mol. The van der Waals surface area contributed by atoms with Crippen LogP contribution in [0.2, 0.25) is 0 Å². The van der Waals surface area contributed by atoms with Crippen LogP contribution in [0.5, 0.6) is 5.75 Å². The standard InChI is InChI=1S/C16H24N2O2/c1-11(2)20-14-6-4-13(5-7-14)18-15(19)16(10-17)8-12(3)9-16/h4-7,11-12H,8-10,17H2,1-3H3,(H,18,19). The van der Waals surface area contributed by atoms with Gasteiger partial charge in [-0.05, 0) is 56.9 Å². The van der Waals surface area contributed by atoms with Crippen LogP contribution >= 0.6 is 0 Å². The van der Waals surface area contributed by atoms with Crippen LogP contribution in [0.3, 0.4) is 0 Å². The maximum Gasteiger partial charge on any atom is 0.231 e. The lowest BCUT2D eigenvalue weighted by atomic mass is 9.62. The van der Waals surface area contributed by atoms with E-state index in [4.69, 9.17) is 10.5 Å². The molecule has 0 radical (unpaired) electrons. The molecule has 0 saturated heterocycles. The molecule has 0 aromatic heterocycles. The number of benzene rings is 1. The molecule has 0 aliphatic heterocycles. The minimum Gasteiger partial charge on any atom is -0.491 e. The van der Waals surface area contributed by atoms with Crippen LogP contribution in [-0.4, -0.2) is 18.6 Å². The molecule has 1 aromatic carbocycles. The smallest absolute Gasteiger partial charge is 0.231 e. The van der Waals surface area contributed by atoms with Crippen molar-refractivity contribution in [2.24, 2.45) is 17.1 Å². The molecule has 0 bridgehead atoms. The van der Waals surface area contributed by atoms with Crippen molar-refractivity contribution < 1.29 is 9.53 Å². The number of nitrogens with two attached hydrogens (primary N) is 1. The number of rotatable bonds is 5. The zero-order valence-electron chi connectivity index (χ0n) is 12.5. The van der Waals surface area contributed by atoms with Gasteiger partial charge in [0, 0.05) is 12.2 Å². The largest absolute Gasteiger partial charge is 0.491 e. The molecule has 0 spiro atoms. The molecule has 1 amide bonds. The van der Waals surface area contributed by atoms with Crippen LogP contribution in [0.1, 0.15) is 33.6 Å². The van der Waals surface area contributed by atoms with Crippen molar-refractivity contribution in [1.82, 2.24) is 0 Å². The molecule has 0 atom stereocenters. The summed E-state index contributed by atoms with van der Waals surface area (Å²) >= 11 is 0. The highest BCUT2D eigenvalue weighted by molar-refractivity contribution is 5.96. The molecule has 4 heteroatoms. The van der Waals surface area contributed by atoms with Crippen LogP contribution in [-0.2, 0) is 4.79 Å². The fraction of sp³-hybridized carbons (Fsp3) is 0.562. The molecule has 110 valence electrons. The van der Waals surface area contributed by atoms with E-state index in [1.165, 1.54) is 0 Å². The predicted octanol–water partition coefficient (Wildman–Crippen LogP) is 2.79. The molecule has 2 rings (SSSR count). The van der Waals surface area contributed by atoms with Crippen molar-refractivity contribution in [1.29, 1.82) is 0 Å². The third kappa shape index (κ3) is 3.12. The highest BCUT2D eigenvalue weighted by atomic mass is 16.5. The first-order valence-electron chi connectivity index (χ1n) is 7.23. The third-order valence-electron chi connectivity index (χ3n) is 3.83. The molecule has 0 heterocycles. The van der Waals surface area contributed by atoms with E-state index in [1.54, 1.807) is 0 Å². The topological polar surface area (TPSA) is 64.4 Å². The van der Waals surface area contributed by atoms with E-state index in [2.05, 4.69) is 12.2 Å². The van der Waals surface area contributed by atoms with Crippen molar-refractivity contribution in [3.8, 4) is 5.75 Å². The summed E-state index contributed by atoms with van der Waals surface area (Å²) in [5.41, 5.74) is 6.21. The van der Waals surface area contributed by atoms with Crippen molar-refractivity contribution >= 4 is 11.6 Å². The summed E-state index contributed by atoms with van der Waals surface area (Å²) in [6.45, 7) is 6.54. The van der Waals surface area contributed by atoms with Gasteiger partial charge in [0.25, 0.3) is 0 Å². The number of carbonyl (C=O) groups excluding carboxylic acids is 1. The van der Waals surface area contributed by atoms with Gasteiger partial charge in [-0.2, -0.15) is 0 Å². The molecular formula is C16H24N2O2. The van der Waals surface area contributed by atoms with E-state index < -0.39 is 0 Å². The van der Waals surface area contributed by atoms with Gasteiger partial charge >= 0.3 is 0 Å². The van der Waals surface area contributed by atoms with Gasteiger partial charge in [0.15, 0.2) is 0 Å². The lowest BCUT2D eigenvalue weighted by Crippen LogP contribution is -2.51. The Morgan fingerprint density at radius 3 is 2.45 bits per heavy atom. The summed E-state index contributed by atoms with van der Waals surface area (Å²) in [6.07, 6.45) is 1.90.